The van der Waals surface area contributed by atoms with Gasteiger partial charge in [0.2, 0.25) is 0 Å². The van der Waals surface area contributed by atoms with Crippen molar-refractivity contribution in [3.8, 4) is 0 Å². The number of anilines is 1. The molecule has 3 aromatic rings. The van der Waals surface area contributed by atoms with Crippen LogP contribution in [0.3, 0.4) is 0 Å². The summed E-state index contributed by atoms with van der Waals surface area (Å²) >= 11 is 0. The van der Waals surface area contributed by atoms with Gasteiger partial charge in [-0.1, -0.05) is 53.7 Å². The molecule has 1 aromatic heterocycles. The molecule has 0 bridgehead atoms. The zero-order valence-electron chi connectivity index (χ0n) is 15.3. The molecule has 142 valence electrons. The smallest absolute Gasteiger partial charge is 0.361 e. The van der Waals surface area contributed by atoms with Gasteiger partial charge in [0.15, 0.2) is 12.3 Å². The van der Waals surface area contributed by atoms with E-state index in [-0.39, 0.29) is 18.2 Å². The molecule has 2 aromatic carbocycles. The van der Waals surface area contributed by atoms with Crippen LogP contribution >= 0.6 is 0 Å². The van der Waals surface area contributed by atoms with Crippen LogP contribution in [-0.4, -0.2) is 40.0 Å². The van der Waals surface area contributed by atoms with Crippen molar-refractivity contribution in [3.63, 3.8) is 0 Å². The Hall–Kier alpha value is -3.48. The standard InChI is InChI=1S/C21H20N4O3/c26-20(25-12-6-10-17-9-4-5-11-19(17)25)15-28-21(27)18-14-24(23-22-18)13-16-7-2-1-3-8-16/h1-5,7-9,11,14H,6,10,12-13,15H2. The average molecular weight is 376 g/mol. The normalized spacial score (nSPS) is 13.1. The summed E-state index contributed by atoms with van der Waals surface area (Å²) in [6, 6.07) is 17.6. The molecule has 0 spiro atoms. The third kappa shape index (κ3) is 3.93. The van der Waals surface area contributed by atoms with Crippen LogP contribution < -0.4 is 4.90 Å². The van der Waals surface area contributed by atoms with Gasteiger partial charge in [0.05, 0.1) is 12.7 Å². The second kappa shape index (κ2) is 8.04. The quantitative estimate of drug-likeness (QED) is 0.639. The summed E-state index contributed by atoms with van der Waals surface area (Å²) in [6.45, 7) is 0.810. The van der Waals surface area contributed by atoms with Crippen molar-refractivity contribution in [2.45, 2.75) is 19.4 Å². The van der Waals surface area contributed by atoms with E-state index in [2.05, 4.69) is 10.3 Å². The number of carbonyl (C=O) groups is 2. The molecular weight excluding hydrogens is 356 g/mol. The fraction of sp³-hybridized carbons (Fsp3) is 0.238. The lowest BCUT2D eigenvalue weighted by molar-refractivity contribution is -0.121. The molecule has 1 amide bonds. The van der Waals surface area contributed by atoms with Crippen molar-refractivity contribution in [1.82, 2.24) is 15.0 Å². The SMILES string of the molecule is O=C(OCC(=O)N1CCCc2ccccc21)c1cn(Cc2ccccc2)nn1. The van der Waals surface area contributed by atoms with Crippen molar-refractivity contribution in [3.05, 3.63) is 77.6 Å². The van der Waals surface area contributed by atoms with Gasteiger partial charge in [-0.25, -0.2) is 9.48 Å². The summed E-state index contributed by atoms with van der Waals surface area (Å²) in [5, 5.41) is 7.80. The van der Waals surface area contributed by atoms with Crippen LogP contribution in [-0.2, 0) is 22.5 Å². The Kier molecular flexibility index (Phi) is 5.14. The van der Waals surface area contributed by atoms with Crippen molar-refractivity contribution in [1.29, 1.82) is 0 Å². The fourth-order valence-electron chi connectivity index (χ4n) is 3.31. The fourth-order valence-corrected chi connectivity index (χ4v) is 3.31. The molecule has 0 atom stereocenters. The summed E-state index contributed by atoms with van der Waals surface area (Å²) in [4.78, 5) is 26.5. The Morgan fingerprint density at radius 2 is 1.82 bits per heavy atom. The van der Waals surface area contributed by atoms with E-state index in [1.165, 1.54) is 6.20 Å². The molecule has 0 aliphatic carbocycles. The van der Waals surface area contributed by atoms with E-state index in [9.17, 15) is 9.59 Å². The van der Waals surface area contributed by atoms with Gasteiger partial charge in [0.1, 0.15) is 0 Å². The molecule has 4 rings (SSSR count). The highest BCUT2D eigenvalue weighted by molar-refractivity contribution is 5.97. The molecule has 7 heteroatoms. The Morgan fingerprint density at radius 1 is 1.04 bits per heavy atom. The van der Waals surface area contributed by atoms with Crippen LogP contribution in [0.2, 0.25) is 0 Å². The van der Waals surface area contributed by atoms with Crippen LogP contribution in [0.15, 0.2) is 60.8 Å². The maximum Gasteiger partial charge on any atom is 0.361 e. The van der Waals surface area contributed by atoms with Gasteiger partial charge in [-0.2, -0.15) is 0 Å². The molecule has 1 aliphatic heterocycles. The summed E-state index contributed by atoms with van der Waals surface area (Å²) in [5.41, 5.74) is 3.16. The lowest BCUT2D eigenvalue weighted by Gasteiger charge is -2.29. The number of benzene rings is 2. The zero-order valence-corrected chi connectivity index (χ0v) is 15.3. The highest BCUT2D eigenvalue weighted by atomic mass is 16.5. The number of aryl methyl sites for hydroxylation is 1. The highest BCUT2D eigenvalue weighted by Gasteiger charge is 2.23. The van der Waals surface area contributed by atoms with Crippen molar-refractivity contribution in [2.75, 3.05) is 18.1 Å². The van der Waals surface area contributed by atoms with Gasteiger partial charge < -0.3 is 9.64 Å². The molecule has 28 heavy (non-hydrogen) atoms. The van der Waals surface area contributed by atoms with Crippen LogP contribution in [0.4, 0.5) is 5.69 Å². The van der Waals surface area contributed by atoms with Gasteiger partial charge in [0, 0.05) is 12.2 Å². The number of esters is 1. The van der Waals surface area contributed by atoms with Crippen LogP contribution in [0.1, 0.15) is 28.0 Å². The van der Waals surface area contributed by atoms with E-state index in [0.717, 1.165) is 29.7 Å². The number of amides is 1. The number of carbonyl (C=O) groups excluding carboxylic acids is 2. The maximum absolute atomic E-state index is 12.6. The molecule has 0 unspecified atom stereocenters. The molecule has 2 heterocycles. The largest absolute Gasteiger partial charge is 0.451 e. The van der Waals surface area contributed by atoms with Crippen LogP contribution in [0.5, 0.6) is 0 Å². The second-order valence-corrected chi connectivity index (χ2v) is 6.64. The van der Waals surface area contributed by atoms with Crippen molar-refractivity contribution in [2.24, 2.45) is 0 Å². The molecule has 7 nitrogen and oxygen atoms in total. The zero-order chi connectivity index (χ0) is 19.3. The topological polar surface area (TPSA) is 77.3 Å². The minimum absolute atomic E-state index is 0.0859. The number of rotatable bonds is 5. The predicted octanol–water partition coefficient (Wildman–Crippen LogP) is 2.46. The molecule has 0 fully saturated rings. The number of nitrogens with zero attached hydrogens (tertiary/aromatic N) is 4. The molecular formula is C21H20N4O3. The first kappa shape index (κ1) is 17.9. The van der Waals surface area contributed by atoms with Gasteiger partial charge in [-0.3, -0.25) is 4.79 Å². The first-order chi connectivity index (χ1) is 13.7. The van der Waals surface area contributed by atoms with Gasteiger partial charge >= 0.3 is 5.97 Å². The molecule has 0 radical (unpaired) electrons. The minimum atomic E-state index is -0.655. The lowest BCUT2D eigenvalue weighted by Crippen LogP contribution is -2.38. The number of fused-ring (bicyclic) bond motifs is 1. The number of hydrogen-bond donors (Lipinski definition) is 0. The van der Waals surface area contributed by atoms with Crippen LogP contribution in [0, 0.1) is 0 Å². The van der Waals surface area contributed by atoms with Crippen molar-refractivity contribution >= 4 is 17.6 Å². The van der Waals surface area contributed by atoms with E-state index in [4.69, 9.17) is 4.74 Å². The van der Waals surface area contributed by atoms with Crippen molar-refractivity contribution < 1.29 is 14.3 Å². The van der Waals surface area contributed by atoms with Crippen LogP contribution in [0.25, 0.3) is 0 Å². The second-order valence-electron chi connectivity index (χ2n) is 6.64. The van der Waals surface area contributed by atoms with E-state index in [1.807, 2.05) is 54.6 Å². The number of aromatic nitrogens is 3. The van der Waals surface area contributed by atoms with Gasteiger partial charge in [-0.15, -0.1) is 5.10 Å². The monoisotopic (exact) mass is 376 g/mol. The molecule has 0 saturated heterocycles. The lowest BCUT2D eigenvalue weighted by atomic mass is 10.0. The minimum Gasteiger partial charge on any atom is -0.451 e. The van der Waals surface area contributed by atoms with Gasteiger partial charge in [0.25, 0.3) is 5.91 Å². The van der Waals surface area contributed by atoms with E-state index in [1.54, 1.807) is 9.58 Å². The number of ether oxygens (including phenoxy) is 1. The molecule has 0 saturated carbocycles. The first-order valence-electron chi connectivity index (χ1n) is 9.20. The summed E-state index contributed by atoms with van der Waals surface area (Å²) < 4.78 is 6.74. The maximum atomic E-state index is 12.6. The summed E-state index contributed by atoms with van der Waals surface area (Å²) in [6.07, 6.45) is 3.37. The first-order valence-corrected chi connectivity index (χ1v) is 9.20. The van der Waals surface area contributed by atoms with E-state index >= 15 is 0 Å². The number of para-hydroxylation sites is 1. The van der Waals surface area contributed by atoms with Gasteiger partial charge in [-0.05, 0) is 30.0 Å². The Morgan fingerprint density at radius 3 is 2.68 bits per heavy atom. The molecule has 0 N–H and O–H groups in total. The third-order valence-electron chi connectivity index (χ3n) is 4.67. The molecule has 1 aliphatic rings. The Labute approximate surface area is 162 Å². The average Bonchev–Trinajstić information content (AvgIpc) is 3.20. The third-order valence-corrected chi connectivity index (χ3v) is 4.67. The summed E-state index contributed by atoms with van der Waals surface area (Å²) in [7, 11) is 0. The highest BCUT2D eigenvalue weighted by Crippen LogP contribution is 2.26. The Balaban J connectivity index is 1.35. The van der Waals surface area contributed by atoms with E-state index in [0.29, 0.717) is 13.1 Å². The summed E-state index contributed by atoms with van der Waals surface area (Å²) in [5.74, 6) is -0.893. The Bertz CT molecular complexity index is 984. The number of hydrogen-bond acceptors (Lipinski definition) is 5. The predicted molar refractivity (Wildman–Crippen MR) is 103 cm³/mol. The van der Waals surface area contributed by atoms with E-state index < -0.39 is 5.97 Å².